The summed E-state index contributed by atoms with van der Waals surface area (Å²) >= 11 is 0. The van der Waals surface area contributed by atoms with Crippen molar-refractivity contribution >= 4 is 0 Å². The standard InChI is InChI=1S/C16H26N2O2/c1-13(2)7-17-8-14-3-4-16(18-9-14)12-20-11-15-5-6-19-10-15/h3-4,9,13,15,17H,5-8,10-12H2,1-2H3. The molecule has 2 rings (SSSR count). The molecule has 1 aliphatic heterocycles. The summed E-state index contributed by atoms with van der Waals surface area (Å²) < 4.78 is 11.0. The fourth-order valence-electron chi connectivity index (χ4n) is 2.20. The first-order valence-electron chi connectivity index (χ1n) is 7.54. The van der Waals surface area contributed by atoms with Gasteiger partial charge in [-0.05, 0) is 30.5 Å². The van der Waals surface area contributed by atoms with E-state index >= 15 is 0 Å². The van der Waals surface area contributed by atoms with Crippen LogP contribution in [0.5, 0.6) is 0 Å². The van der Waals surface area contributed by atoms with E-state index in [0.29, 0.717) is 18.4 Å². The van der Waals surface area contributed by atoms with E-state index in [1.165, 1.54) is 5.56 Å². The molecule has 1 fully saturated rings. The van der Waals surface area contributed by atoms with E-state index in [9.17, 15) is 0 Å². The van der Waals surface area contributed by atoms with Gasteiger partial charge in [0.15, 0.2) is 0 Å². The highest BCUT2D eigenvalue weighted by Crippen LogP contribution is 2.13. The topological polar surface area (TPSA) is 43.4 Å². The lowest BCUT2D eigenvalue weighted by Crippen LogP contribution is -2.19. The van der Waals surface area contributed by atoms with Crippen LogP contribution in [0.3, 0.4) is 0 Å². The fourth-order valence-corrected chi connectivity index (χ4v) is 2.20. The SMILES string of the molecule is CC(C)CNCc1ccc(COCC2CCOC2)nc1. The molecule has 0 spiro atoms. The van der Waals surface area contributed by atoms with Gasteiger partial charge in [-0.25, -0.2) is 0 Å². The van der Waals surface area contributed by atoms with Gasteiger partial charge in [0.25, 0.3) is 0 Å². The lowest BCUT2D eigenvalue weighted by molar-refractivity contribution is 0.0773. The van der Waals surface area contributed by atoms with Crippen molar-refractivity contribution in [3.8, 4) is 0 Å². The predicted molar refractivity (Wildman–Crippen MR) is 79.4 cm³/mol. The average Bonchev–Trinajstić information content (AvgIpc) is 2.93. The molecule has 1 saturated heterocycles. The van der Waals surface area contributed by atoms with Crippen LogP contribution in [0.2, 0.25) is 0 Å². The maximum absolute atomic E-state index is 5.70. The quantitative estimate of drug-likeness (QED) is 0.793. The van der Waals surface area contributed by atoms with Gasteiger partial charge in [0.1, 0.15) is 0 Å². The minimum absolute atomic E-state index is 0.564. The predicted octanol–water partition coefficient (Wildman–Crippen LogP) is 2.38. The summed E-state index contributed by atoms with van der Waals surface area (Å²) in [6.07, 6.45) is 3.05. The van der Waals surface area contributed by atoms with Gasteiger partial charge in [-0.15, -0.1) is 0 Å². The number of rotatable bonds is 8. The van der Waals surface area contributed by atoms with Crippen molar-refractivity contribution in [2.45, 2.75) is 33.4 Å². The van der Waals surface area contributed by atoms with Crippen LogP contribution in [0.25, 0.3) is 0 Å². The molecule has 0 radical (unpaired) electrons. The molecule has 2 heterocycles. The summed E-state index contributed by atoms with van der Waals surface area (Å²) in [6, 6.07) is 4.18. The number of nitrogens with one attached hydrogen (secondary N) is 1. The number of hydrogen-bond donors (Lipinski definition) is 1. The zero-order chi connectivity index (χ0) is 14.2. The first-order chi connectivity index (χ1) is 9.74. The van der Waals surface area contributed by atoms with Gasteiger partial charge >= 0.3 is 0 Å². The van der Waals surface area contributed by atoms with Gasteiger partial charge in [-0.2, -0.15) is 0 Å². The van der Waals surface area contributed by atoms with Crippen molar-refractivity contribution in [1.29, 1.82) is 0 Å². The van der Waals surface area contributed by atoms with Crippen LogP contribution in [-0.2, 0) is 22.6 Å². The van der Waals surface area contributed by atoms with E-state index < -0.39 is 0 Å². The molecule has 0 aromatic carbocycles. The summed E-state index contributed by atoms with van der Waals surface area (Å²) in [5.41, 5.74) is 2.22. The molecule has 4 heteroatoms. The zero-order valence-electron chi connectivity index (χ0n) is 12.6. The number of aromatic nitrogens is 1. The summed E-state index contributed by atoms with van der Waals surface area (Å²) in [5, 5.41) is 3.42. The Morgan fingerprint density at radius 2 is 2.35 bits per heavy atom. The largest absolute Gasteiger partial charge is 0.381 e. The molecular formula is C16H26N2O2. The summed E-state index contributed by atoms with van der Waals surface area (Å²) in [5.74, 6) is 1.24. The highest BCUT2D eigenvalue weighted by molar-refractivity contribution is 5.13. The van der Waals surface area contributed by atoms with Crippen molar-refractivity contribution < 1.29 is 9.47 Å². The van der Waals surface area contributed by atoms with Crippen LogP contribution >= 0.6 is 0 Å². The summed E-state index contributed by atoms with van der Waals surface area (Å²) in [7, 11) is 0. The Kier molecular flexibility index (Phi) is 6.43. The molecule has 4 nitrogen and oxygen atoms in total. The lowest BCUT2D eigenvalue weighted by atomic mass is 10.1. The monoisotopic (exact) mass is 278 g/mol. The molecule has 0 aliphatic carbocycles. The van der Waals surface area contributed by atoms with E-state index in [2.05, 4.69) is 36.3 Å². The number of nitrogens with zero attached hydrogens (tertiary/aromatic N) is 1. The average molecular weight is 278 g/mol. The third-order valence-corrected chi connectivity index (χ3v) is 3.40. The molecule has 112 valence electrons. The van der Waals surface area contributed by atoms with Gasteiger partial charge in [0.2, 0.25) is 0 Å². The Morgan fingerprint density at radius 1 is 1.45 bits per heavy atom. The first-order valence-corrected chi connectivity index (χ1v) is 7.54. The molecule has 0 amide bonds. The summed E-state index contributed by atoms with van der Waals surface area (Å²) in [4.78, 5) is 4.44. The van der Waals surface area contributed by atoms with Crippen LogP contribution in [-0.4, -0.2) is 31.3 Å². The number of hydrogen-bond acceptors (Lipinski definition) is 4. The van der Waals surface area contributed by atoms with E-state index in [1.54, 1.807) is 0 Å². The Bertz CT molecular complexity index is 373. The summed E-state index contributed by atoms with van der Waals surface area (Å²) in [6.45, 7) is 9.43. The highest BCUT2D eigenvalue weighted by Gasteiger charge is 2.15. The first kappa shape index (κ1) is 15.4. The van der Waals surface area contributed by atoms with E-state index in [1.807, 2.05) is 6.20 Å². The smallest absolute Gasteiger partial charge is 0.0887 e. The van der Waals surface area contributed by atoms with E-state index in [4.69, 9.17) is 9.47 Å². The molecule has 1 aromatic rings. The van der Waals surface area contributed by atoms with Crippen LogP contribution in [0.4, 0.5) is 0 Å². The third kappa shape index (κ3) is 5.57. The second-order valence-electron chi connectivity index (χ2n) is 5.93. The van der Waals surface area contributed by atoms with Crippen molar-refractivity contribution in [2.24, 2.45) is 11.8 Å². The highest BCUT2D eigenvalue weighted by atomic mass is 16.5. The van der Waals surface area contributed by atoms with Crippen LogP contribution < -0.4 is 5.32 Å². The second-order valence-corrected chi connectivity index (χ2v) is 5.93. The van der Waals surface area contributed by atoms with Crippen molar-refractivity contribution in [1.82, 2.24) is 10.3 Å². The van der Waals surface area contributed by atoms with Gasteiger partial charge in [-0.1, -0.05) is 19.9 Å². The minimum atomic E-state index is 0.564. The maximum Gasteiger partial charge on any atom is 0.0887 e. The molecule has 1 aliphatic rings. The second kappa shape index (κ2) is 8.35. The number of ether oxygens (including phenoxy) is 2. The Morgan fingerprint density at radius 3 is 3.00 bits per heavy atom. The minimum Gasteiger partial charge on any atom is -0.381 e. The normalized spacial score (nSPS) is 18.9. The molecule has 1 unspecified atom stereocenters. The van der Waals surface area contributed by atoms with Gasteiger partial charge in [0.05, 0.1) is 25.5 Å². The fraction of sp³-hybridized carbons (Fsp3) is 0.688. The van der Waals surface area contributed by atoms with Crippen molar-refractivity contribution in [3.05, 3.63) is 29.6 Å². The van der Waals surface area contributed by atoms with Crippen LogP contribution in [0.1, 0.15) is 31.5 Å². The molecule has 1 aromatic heterocycles. The zero-order valence-corrected chi connectivity index (χ0v) is 12.6. The van der Waals surface area contributed by atoms with Crippen molar-refractivity contribution in [2.75, 3.05) is 26.4 Å². The van der Waals surface area contributed by atoms with E-state index in [0.717, 1.165) is 45.0 Å². The Labute approximate surface area is 121 Å². The van der Waals surface area contributed by atoms with Crippen LogP contribution in [0.15, 0.2) is 18.3 Å². The molecule has 20 heavy (non-hydrogen) atoms. The lowest BCUT2D eigenvalue weighted by Gasteiger charge is -2.09. The van der Waals surface area contributed by atoms with Gasteiger partial charge in [0, 0.05) is 25.3 Å². The van der Waals surface area contributed by atoms with Crippen LogP contribution in [0, 0.1) is 11.8 Å². The van der Waals surface area contributed by atoms with Gasteiger partial charge in [-0.3, -0.25) is 4.98 Å². The molecule has 0 saturated carbocycles. The molecule has 0 bridgehead atoms. The Balaban J connectivity index is 1.65. The third-order valence-electron chi connectivity index (χ3n) is 3.40. The Hall–Kier alpha value is -0.970. The maximum atomic E-state index is 5.70. The van der Waals surface area contributed by atoms with Gasteiger partial charge < -0.3 is 14.8 Å². The van der Waals surface area contributed by atoms with E-state index in [-0.39, 0.29) is 0 Å². The molecular weight excluding hydrogens is 252 g/mol. The number of pyridine rings is 1. The van der Waals surface area contributed by atoms with Crippen molar-refractivity contribution in [3.63, 3.8) is 0 Å². The molecule has 1 N–H and O–H groups in total. The molecule has 1 atom stereocenters.